The summed E-state index contributed by atoms with van der Waals surface area (Å²) in [6, 6.07) is 6.54. The van der Waals surface area contributed by atoms with Crippen LogP contribution in [0.5, 0.6) is 0 Å². The first-order valence-corrected chi connectivity index (χ1v) is 10.3. The molecule has 0 bridgehead atoms. The van der Waals surface area contributed by atoms with Crippen molar-refractivity contribution in [3.8, 4) is 0 Å². The van der Waals surface area contributed by atoms with Crippen LogP contribution in [0.25, 0.3) is 0 Å². The van der Waals surface area contributed by atoms with Crippen LogP contribution in [0, 0.1) is 6.92 Å². The topological polar surface area (TPSA) is 80.3 Å². The highest BCUT2D eigenvalue weighted by Crippen LogP contribution is 2.14. The normalized spacial score (nSPS) is 21.8. The minimum absolute atomic E-state index is 0.0897. The minimum Gasteiger partial charge on any atom is -0.379 e. The van der Waals surface area contributed by atoms with Gasteiger partial charge in [-0.3, -0.25) is 4.18 Å². The lowest BCUT2D eigenvalue weighted by atomic mass is 10.2. The molecule has 1 heterocycles. The van der Waals surface area contributed by atoms with E-state index in [1.807, 2.05) is 6.92 Å². The molecule has 0 aliphatic carbocycles. The van der Waals surface area contributed by atoms with E-state index >= 15 is 0 Å². The van der Waals surface area contributed by atoms with E-state index in [1.54, 1.807) is 12.1 Å². The monoisotopic (exact) mass is 388 g/mol. The summed E-state index contributed by atoms with van der Waals surface area (Å²) in [5.41, 5.74) is 0.984. The SMILES string of the molecule is Cc1ccc(S(=O)(=O)OCC2COCCCOCCOCCCO2)cc1. The van der Waals surface area contributed by atoms with Crippen LogP contribution in [-0.2, 0) is 33.2 Å². The molecule has 0 saturated carbocycles. The van der Waals surface area contributed by atoms with E-state index in [0.29, 0.717) is 46.1 Å². The molecule has 1 aromatic carbocycles. The maximum atomic E-state index is 12.3. The van der Waals surface area contributed by atoms with Crippen LogP contribution in [0.1, 0.15) is 18.4 Å². The van der Waals surface area contributed by atoms with Gasteiger partial charge < -0.3 is 18.9 Å². The fraction of sp³-hybridized carbons (Fsp3) is 0.667. The summed E-state index contributed by atoms with van der Waals surface area (Å²) in [6.45, 7) is 5.35. The molecule has 1 aliphatic heterocycles. The summed E-state index contributed by atoms with van der Waals surface area (Å²) in [4.78, 5) is 0.135. The van der Waals surface area contributed by atoms with E-state index in [2.05, 4.69) is 0 Å². The number of hydrogen-bond donors (Lipinski definition) is 0. The van der Waals surface area contributed by atoms with E-state index in [9.17, 15) is 8.42 Å². The van der Waals surface area contributed by atoms with Crippen LogP contribution < -0.4 is 0 Å². The lowest BCUT2D eigenvalue weighted by molar-refractivity contribution is -0.0508. The highest BCUT2D eigenvalue weighted by molar-refractivity contribution is 7.86. The van der Waals surface area contributed by atoms with Gasteiger partial charge in [0.15, 0.2) is 0 Å². The maximum absolute atomic E-state index is 12.3. The van der Waals surface area contributed by atoms with Gasteiger partial charge in [-0.2, -0.15) is 8.42 Å². The van der Waals surface area contributed by atoms with Crippen molar-refractivity contribution < 1.29 is 31.5 Å². The Morgan fingerprint density at radius 1 is 0.923 bits per heavy atom. The molecule has 7 nitrogen and oxygen atoms in total. The Kier molecular flexibility index (Phi) is 9.52. The molecule has 0 radical (unpaired) electrons. The first-order chi connectivity index (χ1) is 12.6. The Hall–Kier alpha value is -1.03. The summed E-state index contributed by atoms with van der Waals surface area (Å²) >= 11 is 0. The number of aryl methyl sites for hydroxylation is 1. The first-order valence-electron chi connectivity index (χ1n) is 8.89. The smallest absolute Gasteiger partial charge is 0.297 e. The van der Waals surface area contributed by atoms with Gasteiger partial charge in [0.2, 0.25) is 0 Å². The van der Waals surface area contributed by atoms with Crippen molar-refractivity contribution in [3.63, 3.8) is 0 Å². The van der Waals surface area contributed by atoms with Crippen molar-refractivity contribution in [2.75, 3.05) is 52.9 Å². The predicted octanol–water partition coefficient (Wildman–Crippen LogP) is 1.93. The van der Waals surface area contributed by atoms with Crippen LogP contribution in [0.15, 0.2) is 29.2 Å². The number of ether oxygens (including phenoxy) is 4. The Labute approximate surface area is 155 Å². The fourth-order valence-corrected chi connectivity index (χ4v) is 3.23. The molecule has 0 spiro atoms. The van der Waals surface area contributed by atoms with Crippen molar-refractivity contribution in [3.05, 3.63) is 29.8 Å². The van der Waals surface area contributed by atoms with Crippen molar-refractivity contribution in [1.29, 1.82) is 0 Å². The van der Waals surface area contributed by atoms with Gasteiger partial charge in [-0.25, -0.2) is 0 Å². The van der Waals surface area contributed by atoms with Gasteiger partial charge in [-0.05, 0) is 31.9 Å². The fourth-order valence-electron chi connectivity index (χ4n) is 2.29. The van der Waals surface area contributed by atoms with E-state index in [-0.39, 0.29) is 18.1 Å². The van der Waals surface area contributed by atoms with E-state index < -0.39 is 16.2 Å². The summed E-state index contributed by atoms with van der Waals surface area (Å²) in [5.74, 6) is 0. The standard InChI is InChI=1S/C18H28O7S/c1-16-4-6-18(7-5-16)26(19,20)25-15-17-14-23-10-2-8-21-12-13-22-9-3-11-24-17/h4-7,17H,2-3,8-15H2,1H3. The third-order valence-electron chi connectivity index (χ3n) is 3.76. The average Bonchev–Trinajstić information content (AvgIpc) is 2.63. The zero-order valence-corrected chi connectivity index (χ0v) is 16.0. The molecule has 1 unspecified atom stereocenters. The molecule has 8 heteroatoms. The maximum Gasteiger partial charge on any atom is 0.297 e. The second-order valence-electron chi connectivity index (χ2n) is 6.05. The predicted molar refractivity (Wildman–Crippen MR) is 95.7 cm³/mol. The number of benzene rings is 1. The van der Waals surface area contributed by atoms with E-state index in [1.165, 1.54) is 12.1 Å². The molecule has 0 amide bonds. The van der Waals surface area contributed by atoms with Crippen LogP contribution in [0.3, 0.4) is 0 Å². The largest absolute Gasteiger partial charge is 0.379 e. The zero-order chi connectivity index (χ0) is 18.7. The highest BCUT2D eigenvalue weighted by Gasteiger charge is 2.19. The van der Waals surface area contributed by atoms with E-state index in [0.717, 1.165) is 12.0 Å². The quantitative estimate of drug-likeness (QED) is 0.729. The lowest BCUT2D eigenvalue weighted by Crippen LogP contribution is -2.28. The van der Waals surface area contributed by atoms with Crippen LogP contribution in [0.4, 0.5) is 0 Å². The summed E-state index contributed by atoms with van der Waals surface area (Å²) in [5, 5.41) is 0. The van der Waals surface area contributed by atoms with E-state index in [4.69, 9.17) is 23.1 Å². The van der Waals surface area contributed by atoms with Crippen LogP contribution in [-0.4, -0.2) is 67.4 Å². The van der Waals surface area contributed by atoms with Gasteiger partial charge in [-0.15, -0.1) is 0 Å². The average molecular weight is 388 g/mol. The van der Waals surface area contributed by atoms with Crippen LogP contribution >= 0.6 is 0 Å². The number of hydrogen-bond acceptors (Lipinski definition) is 7. The van der Waals surface area contributed by atoms with Crippen molar-refractivity contribution in [2.24, 2.45) is 0 Å². The molecule has 1 aromatic rings. The Balaban J connectivity index is 1.85. The van der Waals surface area contributed by atoms with Gasteiger partial charge >= 0.3 is 0 Å². The molecule has 148 valence electrons. The third-order valence-corrected chi connectivity index (χ3v) is 5.05. The van der Waals surface area contributed by atoms with Gasteiger partial charge in [0.1, 0.15) is 6.10 Å². The number of rotatable bonds is 4. The van der Waals surface area contributed by atoms with Crippen molar-refractivity contribution >= 4 is 10.1 Å². The second-order valence-corrected chi connectivity index (χ2v) is 7.67. The summed E-state index contributed by atoms with van der Waals surface area (Å²) in [6.07, 6.45) is 1.01. The Morgan fingerprint density at radius 3 is 2.23 bits per heavy atom. The second kappa shape index (κ2) is 11.6. The van der Waals surface area contributed by atoms with Crippen LogP contribution in [0.2, 0.25) is 0 Å². The highest BCUT2D eigenvalue weighted by atomic mass is 32.2. The van der Waals surface area contributed by atoms with Gasteiger partial charge in [0.25, 0.3) is 10.1 Å². The molecular weight excluding hydrogens is 360 g/mol. The summed E-state index contributed by atoms with van der Waals surface area (Å²) < 4.78 is 51.9. The molecule has 1 saturated heterocycles. The molecule has 1 aliphatic rings. The van der Waals surface area contributed by atoms with Gasteiger partial charge in [0.05, 0.1) is 31.3 Å². The lowest BCUT2D eigenvalue weighted by Gasteiger charge is -2.19. The first kappa shape index (κ1) is 21.3. The third kappa shape index (κ3) is 8.11. The molecule has 26 heavy (non-hydrogen) atoms. The molecule has 0 aromatic heterocycles. The Bertz CT molecular complexity index is 586. The van der Waals surface area contributed by atoms with Crippen molar-refractivity contribution in [2.45, 2.75) is 30.8 Å². The molecule has 0 N–H and O–H groups in total. The molecule has 1 atom stereocenters. The molecule has 2 rings (SSSR count). The molecular formula is C18H28O7S. The summed E-state index contributed by atoms with van der Waals surface area (Å²) in [7, 11) is -3.82. The van der Waals surface area contributed by atoms with Gasteiger partial charge in [-0.1, -0.05) is 17.7 Å². The minimum atomic E-state index is -3.82. The zero-order valence-electron chi connectivity index (χ0n) is 15.2. The Morgan fingerprint density at radius 2 is 1.54 bits per heavy atom. The molecule has 1 fully saturated rings. The van der Waals surface area contributed by atoms with Crippen molar-refractivity contribution in [1.82, 2.24) is 0 Å². The van der Waals surface area contributed by atoms with Gasteiger partial charge in [0, 0.05) is 26.4 Å².